The highest BCUT2D eigenvalue weighted by atomic mass is 32.1. The summed E-state index contributed by atoms with van der Waals surface area (Å²) in [6, 6.07) is 9.74. The minimum absolute atomic E-state index is 0.160. The van der Waals surface area contributed by atoms with Crippen molar-refractivity contribution in [2.75, 3.05) is 6.54 Å². The molecule has 1 heterocycles. The van der Waals surface area contributed by atoms with Gasteiger partial charge in [0, 0.05) is 10.4 Å². The van der Waals surface area contributed by atoms with E-state index in [1.165, 1.54) is 23.5 Å². The van der Waals surface area contributed by atoms with Crippen LogP contribution in [0, 0.1) is 0 Å². The number of alkyl halides is 3. The van der Waals surface area contributed by atoms with Crippen LogP contribution in [0.4, 0.5) is 13.2 Å². The highest BCUT2D eigenvalue weighted by Gasteiger charge is 2.33. The van der Waals surface area contributed by atoms with Crippen molar-refractivity contribution in [3.8, 4) is 5.75 Å². The molecule has 0 radical (unpaired) electrons. The molecule has 0 aliphatic rings. The van der Waals surface area contributed by atoms with Crippen LogP contribution in [0.2, 0.25) is 0 Å². The lowest BCUT2D eigenvalue weighted by atomic mass is 10.0. The summed E-state index contributed by atoms with van der Waals surface area (Å²) in [4.78, 5) is 0.960. The van der Waals surface area contributed by atoms with E-state index >= 15 is 0 Å². The minimum Gasteiger partial charge on any atom is -0.405 e. The number of rotatable bonds is 6. The number of hydrogen-bond acceptors (Lipinski definition) is 3. The molecule has 2 rings (SSSR count). The Hall–Kier alpha value is -1.53. The number of halogens is 3. The van der Waals surface area contributed by atoms with Crippen LogP contribution in [-0.4, -0.2) is 12.9 Å². The average Bonchev–Trinajstić information content (AvgIpc) is 2.93. The second-order valence-corrected chi connectivity index (χ2v) is 5.47. The standard InChI is InChI=1S/C15H16F3NOS/c1-2-9-19-14(13-8-5-10-21-13)11-6-3-4-7-12(11)20-15(16,17)18/h3-8,10,14,19H,2,9H2,1H3. The quantitative estimate of drug-likeness (QED) is 0.831. The van der Waals surface area contributed by atoms with Gasteiger partial charge in [-0.25, -0.2) is 0 Å². The molecule has 0 amide bonds. The fourth-order valence-corrected chi connectivity index (χ4v) is 2.86. The first kappa shape index (κ1) is 15.9. The zero-order chi connectivity index (χ0) is 15.3. The molecule has 114 valence electrons. The van der Waals surface area contributed by atoms with E-state index in [-0.39, 0.29) is 11.8 Å². The second kappa shape index (κ2) is 6.95. The van der Waals surface area contributed by atoms with Crippen molar-refractivity contribution < 1.29 is 17.9 Å². The molecule has 0 aliphatic heterocycles. The monoisotopic (exact) mass is 315 g/mol. The summed E-state index contributed by atoms with van der Waals surface area (Å²) in [7, 11) is 0. The van der Waals surface area contributed by atoms with Crippen molar-refractivity contribution in [2.45, 2.75) is 25.7 Å². The maximum Gasteiger partial charge on any atom is 0.573 e. The average molecular weight is 315 g/mol. The molecule has 2 aromatic rings. The molecule has 0 spiro atoms. The summed E-state index contributed by atoms with van der Waals surface area (Å²) >= 11 is 1.50. The summed E-state index contributed by atoms with van der Waals surface area (Å²) < 4.78 is 41.8. The minimum atomic E-state index is -4.69. The lowest BCUT2D eigenvalue weighted by Gasteiger charge is -2.21. The number of hydrogen-bond donors (Lipinski definition) is 1. The van der Waals surface area contributed by atoms with Crippen molar-refractivity contribution in [1.82, 2.24) is 5.32 Å². The highest BCUT2D eigenvalue weighted by Crippen LogP contribution is 2.34. The lowest BCUT2D eigenvalue weighted by molar-refractivity contribution is -0.275. The van der Waals surface area contributed by atoms with Crippen molar-refractivity contribution in [3.63, 3.8) is 0 Å². The Kier molecular flexibility index (Phi) is 5.25. The molecule has 0 saturated heterocycles. The first-order valence-corrected chi connectivity index (χ1v) is 7.50. The molecule has 0 bridgehead atoms. The Bertz CT molecular complexity index is 554. The van der Waals surface area contributed by atoms with Crippen LogP contribution in [0.1, 0.15) is 29.8 Å². The number of para-hydroxylation sites is 1. The number of nitrogens with one attached hydrogen (secondary N) is 1. The van der Waals surface area contributed by atoms with Crippen LogP contribution in [0.3, 0.4) is 0 Å². The van der Waals surface area contributed by atoms with Gasteiger partial charge < -0.3 is 10.1 Å². The van der Waals surface area contributed by atoms with Crippen molar-refractivity contribution in [2.24, 2.45) is 0 Å². The number of benzene rings is 1. The molecule has 0 saturated carbocycles. The second-order valence-electron chi connectivity index (χ2n) is 4.49. The lowest BCUT2D eigenvalue weighted by Crippen LogP contribution is -2.25. The van der Waals surface area contributed by atoms with Crippen LogP contribution in [-0.2, 0) is 0 Å². The fraction of sp³-hybridized carbons (Fsp3) is 0.333. The zero-order valence-corrected chi connectivity index (χ0v) is 12.3. The van der Waals surface area contributed by atoms with Crippen molar-refractivity contribution in [3.05, 3.63) is 52.2 Å². The summed E-state index contributed by atoms with van der Waals surface area (Å²) in [6.07, 6.45) is -3.80. The summed E-state index contributed by atoms with van der Waals surface area (Å²) in [5, 5.41) is 5.18. The van der Waals surface area contributed by atoms with Gasteiger partial charge in [0.15, 0.2) is 0 Å². The first-order valence-electron chi connectivity index (χ1n) is 6.62. The van der Waals surface area contributed by atoms with Gasteiger partial charge in [0.25, 0.3) is 0 Å². The van der Waals surface area contributed by atoms with E-state index in [1.54, 1.807) is 12.1 Å². The first-order chi connectivity index (χ1) is 10.0. The summed E-state index contributed by atoms with van der Waals surface area (Å²) in [5.74, 6) is -0.160. The van der Waals surface area contributed by atoms with Gasteiger partial charge in [-0.15, -0.1) is 24.5 Å². The predicted octanol–water partition coefficient (Wildman–Crippen LogP) is 4.74. The maximum atomic E-state index is 12.5. The molecule has 1 aromatic carbocycles. The molecule has 1 N–H and O–H groups in total. The van der Waals surface area contributed by atoms with Gasteiger partial charge >= 0.3 is 6.36 Å². The molecule has 1 aromatic heterocycles. The Morgan fingerprint density at radius 2 is 1.95 bits per heavy atom. The van der Waals surface area contributed by atoms with E-state index in [0.29, 0.717) is 12.1 Å². The normalized spacial score (nSPS) is 13.1. The van der Waals surface area contributed by atoms with Crippen LogP contribution >= 0.6 is 11.3 Å². The van der Waals surface area contributed by atoms with Crippen molar-refractivity contribution >= 4 is 11.3 Å². The number of thiophene rings is 1. The SMILES string of the molecule is CCCNC(c1cccs1)c1ccccc1OC(F)(F)F. The molecular weight excluding hydrogens is 299 g/mol. The van der Waals surface area contributed by atoms with E-state index in [2.05, 4.69) is 10.1 Å². The molecule has 0 fully saturated rings. The van der Waals surface area contributed by atoms with Crippen LogP contribution in [0.15, 0.2) is 41.8 Å². The Balaban J connectivity index is 2.35. The Morgan fingerprint density at radius 3 is 2.57 bits per heavy atom. The van der Waals surface area contributed by atoms with Crippen molar-refractivity contribution in [1.29, 1.82) is 0 Å². The van der Waals surface area contributed by atoms with Crippen LogP contribution in [0.25, 0.3) is 0 Å². The molecule has 0 aliphatic carbocycles. The third-order valence-electron chi connectivity index (χ3n) is 2.88. The third kappa shape index (κ3) is 4.47. The fourth-order valence-electron chi connectivity index (χ4n) is 2.04. The van der Waals surface area contributed by atoms with E-state index in [4.69, 9.17) is 0 Å². The summed E-state index contributed by atoms with van der Waals surface area (Å²) in [6.45, 7) is 2.72. The third-order valence-corrected chi connectivity index (χ3v) is 3.82. The van der Waals surface area contributed by atoms with E-state index in [1.807, 2.05) is 24.4 Å². The van der Waals surface area contributed by atoms with Gasteiger partial charge in [0.1, 0.15) is 5.75 Å². The topological polar surface area (TPSA) is 21.3 Å². The van der Waals surface area contributed by atoms with E-state index in [9.17, 15) is 13.2 Å². The number of ether oxygens (including phenoxy) is 1. The van der Waals surface area contributed by atoms with Gasteiger partial charge in [-0.2, -0.15) is 0 Å². The van der Waals surface area contributed by atoms with Gasteiger partial charge in [0.2, 0.25) is 0 Å². The highest BCUT2D eigenvalue weighted by molar-refractivity contribution is 7.10. The van der Waals surface area contributed by atoms with Crippen LogP contribution < -0.4 is 10.1 Å². The Labute approximate surface area is 125 Å². The van der Waals surface area contributed by atoms with Crippen LogP contribution in [0.5, 0.6) is 5.75 Å². The molecule has 1 unspecified atom stereocenters. The van der Waals surface area contributed by atoms with Gasteiger partial charge in [-0.1, -0.05) is 31.2 Å². The zero-order valence-electron chi connectivity index (χ0n) is 11.5. The maximum absolute atomic E-state index is 12.5. The van der Waals surface area contributed by atoms with Gasteiger partial charge in [-0.3, -0.25) is 0 Å². The molecule has 21 heavy (non-hydrogen) atoms. The van der Waals surface area contributed by atoms with E-state index in [0.717, 1.165) is 11.3 Å². The molecule has 6 heteroatoms. The molecule has 2 nitrogen and oxygen atoms in total. The Morgan fingerprint density at radius 1 is 1.19 bits per heavy atom. The summed E-state index contributed by atoms with van der Waals surface area (Å²) in [5.41, 5.74) is 0.491. The van der Waals surface area contributed by atoms with E-state index < -0.39 is 6.36 Å². The smallest absolute Gasteiger partial charge is 0.405 e. The molecule has 1 atom stereocenters. The molecular formula is C15H16F3NOS. The van der Waals surface area contributed by atoms with Gasteiger partial charge in [-0.05, 0) is 30.5 Å². The largest absolute Gasteiger partial charge is 0.573 e. The predicted molar refractivity (Wildman–Crippen MR) is 77.6 cm³/mol. The van der Waals surface area contributed by atoms with Gasteiger partial charge in [0.05, 0.1) is 6.04 Å².